The molecule has 20 heavy (non-hydrogen) atoms. The number of halogens is 3. The molecule has 0 aliphatic carbocycles. The van der Waals surface area contributed by atoms with Gasteiger partial charge in [-0.25, -0.2) is 0 Å². The van der Waals surface area contributed by atoms with Crippen LogP contribution in [0.3, 0.4) is 0 Å². The van der Waals surface area contributed by atoms with Gasteiger partial charge >= 0.3 is 6.18 Å². The van der Waals surface area contributed by atoms with Crippen LogP contribution >= 0.6 is 0 Å². The van der Waals surface area contributed by atoms with Gasteiger partial charge in [-0.15, -0.1) is 0 Å². The van der Waals surface area contributed by atoms with Gasteiger partial charge in [-0.05, 0) is 24.5 Å². The molecule has 2 rings (SSSR count). The minimum absolute atomic E-state index is 0.146. The zero-order chi connectivity index (χ0) is 14.6. The average Bonchev–Trinajstić information content (AvgIpc) is 2.92. The predicted molar refractivity (Wildman–Crippen MR) is 67.1 cm³/mol. The van der Waals surface area contributed by atoms with E-state index in [9.17, 15) is 18.0 Å². The molecule has 1 aromatic carbocycles. The van der Waals surface area contributed by atoms with Crippen LogP contribution in [0.2, 0.25) is 0 Å². The van der Waals surface area contributed by atoms with Gasteiger partial charge in [0.1, 0.15) is 0 Å². The van der Waals surface area contributed by atoms with E-state index in [-0.39, 0.29) is 30.4 Å². The van der Waals surface area contributed by atoms with Crippen molar-refractivity contribution < 1.29 is 22.7 Å². The standard InChI is InChI=1S/C14H16F3NO2/c15-14(16,17)12-4-2-1-3-10(12)5-7-18-13(19)11-6-8-20-9-11/h1-4,11H,5-9H2,(H,18,19)/t11-/m1/s1. The largest absolute Gasteiger partial charge is 0.416 e. The maximum absolute atomic E-state index is 12.8. The fourth-order valence-electron chi connectivity index (χ4n) is 2.22. The number of hydrogen-bond acceptors (Lipinski definition) is 2. The summed E-state index contributed by atoms with van der Waals surface area (Å²) in [5.74, 6) is -0.320. The van der Waals surface area contributed by atoms with Gasteiger partial charge in [0, 0.05) is 13.2 Å². The number of nitrogens with one attached hydrogen (secondary N) is 1. The monoisotopic (exact) mass is 287 g/mol. The lowest BCUT2D eigenvalue weighted by molar-refractivity contribution is -0.138. The maximum Gasteiger partial charge on any atom is 0.416 e. The SMILES string of the molecule is O=C(NCCc1ccccc1C(F)(F)F)[C@@H]1CCOC1. The molecule has 1 heterocycles. The van der Waals surface area contributed by atoms with Crippen LogP contribution in [0.4, 0.5) is 13.2 Å². The fraction of sp³-hybridized carbons (Fsp3) is 0.500. The van der Waals surface area contributed by atoms with E-state index in [1.165, 1.54) is 12.1 Å². The van der Waals surface area contributed by atoms with Crippen LogP contribution in [0.1, 0.15) is 17.5 Å². The number of carbonyl (C=O) groups is 1. The summed E-state index contributed by atoms with van der Waals surface area (Å²) in [7, 11) is 0. The highest BCUT2D eigenvalue weighted by Crippen LogP contribution is 2.31. The van der Waals surface area contributed by atoms with E-state index in [1.807, 2.05) is 0 Å². The Bertz CT molecular complexity index is 468. The zero-order valence-electron chi connectivity index (χ0n) is 10.9. The van der Waals surface area contributed by atoms with Crippen molar-refractivity contribution in [3.63, 3.8) is 0 Å². The first-order valence-corrected chi connectivity index (χ1v) is 6.49. The van der Waals surface area contributed by atoms with E-state index in [4.69, 9.17) is 4.74 Å². The van der Waals surface area contributed by atoms with Crippen molar-refractivity contribution in [2.24, 2.45) is 5.92 Å². The number of rotatable bonds is 4. The van der Waals surface area contributed by atoms with Gasteiger partial charge in [0.25, 0.3) is 0 Å². The molecule has 1 aromatic rings. The second kappa shape index (κ2) is 6.26. The number of benzene rings is 1. The van der Waals surface area contributed by atoms with Crippen LogP contribution in [0.15, 0.2) is 24.3 Å². The van der Waals surface area contributed by atoms with Crippen LogP contribution in [0, 0.1) is 5.92 Å². The summed E-state index contributed by atoms with van der Waals surface area (Å²) in [6.07, 6.45) is -3.53. The van der Waals surface area contributed by atoms with Crippen molar-refractivity contribution in [3.05, 3.63) is 35.4 Å². The number of alkyl halides is 3. The lowest BCUT2D eigenvalue weighted by atomic mass is 10.0. The molecule has 0 radical (unpaired) electrons. The second-order valence-corrected chi connectivity index (χ2v) is 4.76. The second-order valence-electron chi connectivity index (χ2n) is 4.76. The molecular weight excluding hydrogens is 271 g/mol. The van der Waals surface area contributed by atoms with Gasteiger partial charge in [-0.3, -0.25) is 4.79 Å². The number of hydrogen-bond donors (Lipinski definition) is 1. The summed E-state index contributed by atoms with van der Waals surface area (Å²) in [4.78, 5) is 11.7. The average molecular weight is 287 g/mol. The molecule has 6 heteroatoms. The van der Waals surface area contributed by atoms with Crippen molar-refractivity contribution in [3.8, 4) is 0 Å². The Labute approximate surface area is 115 Å². The maximum atomic E-state index is 12.8. The summed E-state index contributed by atoms with van der Waals surface area (Å²) in [5.41, 5.74) is -0.443. The van der Waals surface area contributed by atoms with Gasteiger partial charge < -0.3 is 10.1 Å². The highest BCUT2D eigenvalue weighted by Gasteiger charge is 2.32. The molecule has 1 aliphatic rings. The summed E-state index contributed by atoms with van der Waals surface area (Å²) in [6, 6.07) is 5.42. The summed E-state index contributed by atoms with van der Waals surface area (Å²) in [6.45, 7) is 1.16. The molecule has 1 saturated heterocycles. The van der Waals surface area contributed by atoms with Crippen LogP contribution < -0.4 is 5.32 Å². The third kappa shape index (κ3) is 3.72. The molecule has 0 unspecified atom stereocenters. The third-order valence-corrected chi connectivity index (χ3v) is 3.32. The highest BCUT2D eigenvalue weighted by atomic mass is 19.4. The number of ether oxygens (including phenoxy) is 1. The van der Waals surface area contributed by atoms with E-state index in [0.29, 0.717) is 19.6 Å². The molecular formula is C14H16F3NO2. The van der Waals surface area contributed by atoms with E-state index in [0.717, 1.165) is 6.07 Å². The van der Waals surface area contributed by atoms with Crippen LogP contribution in [-0.4, -0.2) is 25.7 Å². The topological polar surface area (TPSA) is 38.3 Å². The predicted octanol–water partition coefficient (Wildman–Crippen LogP) is 2.40. The summed E-state index contributed by atoms with van der Waals surface area (Å²) < 4.78 is 43.4. The van der Waals surface area contributed by atoms with Crippen molar-refractivity contribution in [1.29, 1.82) is 0 Å². The normalized spacial score (nSPS) is 19.1. The van der Waals surface area contributed by atoms with Gasteiger partial charge in [0.15, 0.2) is 0 Å². The molecule has 1 amide bonds. The Kier molecular flexibility index (Phi) is 4.65. The Morgan fingerprint density at radius 3 is 2.75 bits per heavy atom. The molecule has 110 valence electrons. The third-order valence-electron chi connectivity index (χ3n) is 3.32. The molecule has 0 saturated carbocycles. The quantitative estimate of drug-likeness (QED) is 0.923. The van der Waals surface area contributed by atoms with Gasteiger partial charge in [0.2, 0.25) is 5.91 Å². The molecule has 1 fully saturated rings. The lowest BCUT2D eigenvalue weighted by Crippen LogP contribution is -2.32. The van der Waals surface area contributed by atoms with Crippen molar-refractivity contribution in [2.45, 2.75) is 19.0 Å². The first-order chi connectivity index (χ1) is 9.48. The Morgan fingerprint density at radius 2 is 2.10 bits per heavy atom. The molecule has 1 atom stereocenters. The highest BCUT2D eigenvalue weighted by molar-refractivity contribution is 5.78. The fourth-order valence-corrected chi connectivity index (χ4v) is 2.22. The zero-order valence-corrected chi connectivity index (χ0v) is 10.9. The molecule has 0 aromatic heterocycles. The summed E-state index contributed by atoms with van der Waals surface area (Å²) >= 11 is 0. The number of carbonyl (C=O) groups excluding carboxylic acids is 1. The van der Waals surface area contributed by atoms with Gasteiger partial charge in [0.05, 0.1) is 18.1 Å². The van der Waals surface area contributed by atoms with Crippen molar-refractivity contribution >= 4 is 5.91 Å². The Balaban J connectivity index is 1.89. The van der Waals surface area contributed by atoms with E-state index < -0.39 is 11.7 Å². The molecule has 0 spiro atoms. The minimum atomic E-state index is -4.36. The van der Waals surface area contributed by atoms with Crippen LogP contribution in [0.5, 0.6) is 0 Å². The van der Waals surface area contributed by atoms with Crippen molar-refractivity contribution in [2.75, 3.05) is 19.8 Å². The smallest absolute Gasteiger partial charge is 0.381 e. The van der Waals surface area contributed by atoms with E-state index in [1.54, 1.807) is 6.07 Å². The van der Waals surface area contributed by atoms with Gasteiger partial charge in [-0.2, -0.15) is 13.2 Å². The van der Waals surface area contributed by atoms with E-state index in [2.05, 4.69) is 5.32 Å². The molecule has 1 aliphatic heterocycles. The molecule has 0 bridgehead atoms. The van der Waals surface area contributed by atoms with Gasteiger partial charge in [-0.1, -0.05) is 18.2 Å². The molecule has 3 nitrogen and oxygen atoms in total. The van der Waals surface area contributed by atoms with Crippen LogP contribution in [0.25, 0.3) is 0 Å². The first kappa shape index (κ1) is 14.8. The van der Waals surface area contributed by atoms with Crippen molar-refractivity contribution in [1.82, 2.24) is 5.32 Å². The lowest BCUT2D eigenvalue weighted by Gasteiger charge is -2.13. The summed E-state index contributed by atoms with van der Waals surface area (Å²) in [5, 5.41) is 2.67. The Morgan fingerprint density at radius 1 is 1.35 bits per heavy atom. The molecule has 1 N–H and O–H groups in total. The Hall–Kier alpha value is -1.56. The minimum Gasteiger partial charge on any atom is -0.381 e. The van der Waals surface area contributed by atoms with Crippen LogP contribution in [-0.2, 0) is 22.1 Å². The first-order valence-electron chi connectivity index (χ1n) is 6.49. The number of amides is 1. The van der Waals surface area contributed by atoms with E-state index >= 15 is 0 Å².